The molecule has 1 saturated heterocycles. The van der Waals surface area contributed by atoms with Gasteiger partial charge >= 0.3 is 18.2 Å². The second kappa shape index (κ2) is 6.79. The van der Waals surface area contributed by atoms with Crippen molar-refractivity contribution in [3.63, 3.8) is 0 Å². The summed E-state index contributed by atoms with van der Waals surface area (Å²) in [7, 11) is 0. The second-order valence-electron chi connectivity index (χ2n) is 7.77. The molecular weight excluding hydrogens is 373 g/mol. The van der Waals surface area contributed by atoms with E-state index in [1.54, 1.807) is 17.9 Å². The van der Waals surface area contributed by atoms with Crippen LogP contribution < -0.4 is 5.32 Å². The molecule has 2 heterocycles. The number of hydrogen-bond donors (Lipinski definition) is 1. The number of urea groups is 1. The predicted octanol–water partition coefficient (Wildman–Crippen LogP) is 4.59. The van der Waals surface area contributed by atoms with Gasteiger partial charge in [0.05, 0.1) is 5.56 Å². The number of aromatic nitrogens is 2. The molecule has 1 aromatic carbocycles. The van der Waals surface area contributed by atoms with Gasteiger partial charge in [-0.1, -0.05) is 23.3 Å². The minimum absolute atomic E-state index is 0.0797. The molecular formula is C19H21F3N4O2. The molecule has 28 heavy (non-hydrogen) atoms. The molecule has 150 valence electrons. The molecule has 9 heteroatoms. The molecule has 1 aliphatic carbocycles. The van der Waals surface area contributed by atoms with Crippen LogP contribution >= 0.6 is 0 Å². The number of nitrogens with zero attached hydrogens (tertiary/aromatic N) is 3. The molecule has 2 aromatic rings. The van der Waals surface area contributed by atoms with Gasteiger partial charge in [-0.2, -0.15) is 13.2 Å². The number of carbonyl (C=O) groups is 1. The summed E-state index contributed by atoms with van der Waals surface area (Å²) >= 11 is 0. The molecule has 1 aliphatic heterocycles. The number of rotatable bonds is 2. The van der Waals surface area contributed by atoms with Crippen molar-refractivity contribution in [2.24, 2.45) is 5.41 Å². The Labute approximate surface area is 160 Å². The highest BCUT2D eigenvalue weighted by Crippen LogP contribution is 2.56. The van der Waals surface area contributed by atoms with Crippen molar-refractivity contribution in [1.29, 1.82) is 0 Å². The molecule has 1 N–H and O–H groups in total. The number of benzene rings is 1. The maximum Gasteiger partial charge on any atom is 0.416 e. The molecule has 1 saturated carbocycles. The van der Waals surface area contributed by atoms with Crippen molar-refractivity contribution in [2.75, 3.05) is 18.4 Å². The first-order chi connectivity index (χ1) is 13.2. The molecule has 0 bridgehead atoms. The maximum atomic E-state index is 12.9. The van der Waals surface area contributed by atoms with Gasteiger partial charge in [-0.3, -0.25) is 5.32 Å². The summed E-state index contributed by atoms with van der Waals surface area (Å²) in [6.45, 7) is 2.85. The van der Waals surface area contributed by atoms with Crippen LogP contribution in [0, 0.1) is 12.3 Å². The molecule has 6 nitrogen and oxygen atoms in total. The van der Waals surface area contributed by atoms with Gasteiger partial charge in [-0.05, 0) is 48.6 Å². The summed E-state index contributed by atoms with van der Waals surface area (Å²) < 4.78 is 43.9. The molecule has 2 aliphatic rings. The lowest BCUT2D eigenvalue weighted by Crippen LogP contribution is -2.49. The first-order valence-corrected chi connectivity index (χ1v) is 9.27. The SMILES string of the molecule is Cc1nnc(NC(=O)N2CCC3(CC2)CC(c2cccc(C(F)(F)F)c2)C3)o1. The Kier molecular flexibility index (Phi) is 4.55. The quantitative estimate of drug-likeness (QED) is 0.809. The number of halogens is 3. The molecule has 1 aromatic heterocycles. The van der Waals surface area contributed by atoms with E-state index in [1.165, 1.54) is 12.1 Å². The van der Waals surface area contributed by atoms with Gasteiger partial charge in [0.15, 0.2) is 0 Å². The first kappa shape index (κ1) is 18.8. The third-order valence-corrected chi connectivity index (χ3v) is 5.90. The summed E-state index contributed by atoms with van der Waals surface area (Å²) in [6, 6.07) is 5.45. The number of likely N-dealkylation sites (tertiary alicyclic amines) is 1. The Morgan fingerprint density at radius 3 is 2.57 bits per heavy atom. The topological polar surface area (TPSA) is 71.3 Å². The van der Waals surface area contributed by atoms with Crippen LogP contribution in [0.25, 0.3) is 0 Å². The van der Waals surface area contributed by atoms with Crippen LogP contribution in [0.2, 0.25) is 0 Å². The fourth-order valence-electron chi connectivity index (χ4n) is 4.30. The van der Waals surface area contributed by atoms with E-state index in [-0.39, 0.29) is 23.4 Å². The van der Waals surface area contributed by atoms with E-state index in [4.69, 9.17) is 4.42 Å². The maximum absolute atomic E-state index is 12.9. The molecule has 1 spiro atoms. The number of amides is 2. The van der Waals surface area contributed by atoms with E-state index >= 15 is 0 Å². The van der Waals surface area contributed by atoms with Gasteiger partial charge in [0.25, 0.3) is 0 Å². The Balaban J connectivity index is 1.31. The van der Waals surface area contributed by atoms with Crippen molar-refractivity contribution in [3.05, 3.63) is 41.3 Å². The zero-order valence-electron chi connectivity index (χ0n) is 15.4. The van der Waals surface area contributed by atoms with Gasteiger partial charge < -0.3 is 9.32 Å². The summed E-state index contributed by atoms with van der Waals surface area (Å²) in [5.74, 6) is 0.534. The lowest BCUT2D eigenvalue weighted by atomic mass is 9.56. The minimum Gasteiger partial charge on any atom is -0.408 e. The highest BCUT2D eigenvalue weighted by molar-refractivity contribution is 5.87. The molecule has 0 atom stereocenters. The second-order valence-corrected chi connectivity index (χ2v) is 7.77. The van der Waals surface area contributed by atoms with Crippen molar-refractivity contribution in [3.8, 4) is 0 Å². The van der Waals surface area contributed by atoms with E-state index in [0.717, 1.165) is 37.3 Å². The summed E-state index contributed by atoms with van der Waals surface area (Å²) in [4.78, 5) is 14.0. The highest BCUT2D eigenvalue weighted by Gasteiger charge is 2.47. The number of nitrogens with one attached hydrogen (secondary N) is 1. The standard InChI is InChI=1S/C19H21F3N4O2/c1-12-24-25-16(28-12)23-17(27)26-7-5-18(6-8-26)10-14(11-18)13-3-2-4-15(9-13)19(20,21)22/h2-4,9,14H,5-8,10-11H2,1H3,(H,23,25,27). The van der Waals surface area contributed by atoms with E-state index < -0.39 is 11.7 Å². The molecule has 4 rings (SSSR count). The van der Waals surface area contributed by atoms with E-state index in [2.05, 4.69) is 15.5 Å². The Morgan fingerprint density at radius 2 is 1.96 bits per heavy atom. The zero-order chi connectivity index (χ0) is 19.9. The predicted molar refractivity (Wildman–Crippen MR) is 94.7 cm³/mol. The van der Waals surface area contributed by atoms with Crippen molar-refractivity contribution >= 4 is 12.0 Å². The molecule has 0 radical (unpaired) electrons. The molecule has 2 fully saturated rings. The lowest BCUT2D eigenvalue weighted by molar-refractivity contribution is -0.137. The van der Waals surface area contributed by atoms with Crippen molar-refractivity contribution in [2.45, 2.75) is 44.7 Å². The summed E-state index contributed by atoms with van der Waals surface area (Å²) in [5.41, 5.74) is 0.289. The monoisotopic (exact) mass is 394 g/mol. The number of piperidine rings is 1. The van der Waals surface area contributed by atoms with E-state index in [9.17, 15) is 18.0 Å². The van der Waals surface area contributed by atoms with E-state index in [1.807, 2.05) is 0 Å². The smallest absolute Gasteiger partial charge is 0.408 e. The fraction of sp³-hybridized carbons (Fsp3) is 0.526. The van der Waals surface area contributed by atoms with Gasteiger partial charge in [0.1, 0.15) is 0 Å². The fourth-order valence-corrected chi connectivity index (χ4v) is 4.30. The number of aryl methyl sites for hydroxylation is 1. The molecule has 0 unspecified atom stereocenters. The van der Waals surface area contributed by atoms with Gasteiger partial charge in [-0.15, -0.1) is 5.10 Å². The first-order valence-electron chi connectivity index (χ1n) is 9.27. The Bertz CT molecular complexity index is 864. The Morgan fingerprint density at radius 1 is 1.25 bits per heavy atom. The van der Waals surface area contributed by atoms with Crippen LogP contribution in [0.5, 0.6) is 0 Å². The average molecular weight is 394 g/mol. The van der Waals surface area contributed by atoms with Crippen LogP contribution in [0.4, 0.5) is 24.0 Å². The highest BCUT2D eigenvalue weighted by atomic mass is 19.4. The lowest BCUT2D eigenvalue weighted by Gasteiger charge is -2.52. The third kappa shape index (κ3) is 3.70. The van der Waals surface area contributed by atoms with Gasteiger partial charge in [-0.25, -0.2) is 4.79 Å². The number of carbonyl (C=O) groups excluding carboxylic acids is 1. The average Bonchev–Trinajstić information content (AvgIpc) is 3.04. The zero-order valence-corrected chi connectivity index (χ0v) is 15.4. The third-order valence-electron chi connectivity index (χ3n) is 5.90. The normalized spacial score (nSPS) is 19.5. The van der Waals surface area contributed by atoms with Gasteiger partial charge in [0.2, 0.25) is 5.89 Å². The number of anilines is 1. The summed E-state index contributed by atoms with van der Waals surface area (Å²) in [5, 5.41) is 10.0. The van der Waals surface area contributed by atoms with Gasteiger partial charge in [0, 0.05) is 20.0 Å². The van der Waals surface area contributed by atoms with Crippen molar-refractivity contribution in [1.82, 2.24) is 15.1 Å². The van der Waals surface area contributed by atoms with Crippen LogP contribution in [-0.2, 0) is 6.18 Å². The Hall–Kier alpha value is -2.58. The number of alkyl halides is 3. The molecule has 2 amide bonds. The largest absolute Gasteiger partial charge is 0.416 e. The van der Waals surface area contributed by atoms with Crippen LogP contribution in [0.1, 0.15) is 48.6 Å². The van der Waals surface area contributed by atoms with Crippen LogP contribution in [-0.4, -0.2) is 34.2 Å². The van der Waals surface area contributed by atoms with Crippen molar-refractivity contribution < 1.29 is 22.4 Å². The number of hydrogen-bond acceptors (Lipinski definition) is 4. The van der Waals surface area contributed by atoms with E-state index in [0.29, 0.717) is 19.0 Å². The summed E-state index contributed by atoms with van der Waals surface area (Å²) in [6.07, 6.45) is -0.885. The van der Waals surface area contributed by atoms with Crippen LogP contribution in [0.15, 0.2) is 28.7 Å². The minimum atomic E-state index is -4.31. The van der Waals surface area contributed by atoms with Crippen LogP contribution in [0.3, 0.4) is 0 Å².